The quantitative estimate of drug-likeness (QED) is 0.619. The van der Waals surface area contributed by atoms with Crippen molar-refractivity contribution < 1.29 is 23.8 Å². The molecule has 150 valence electrons. The minimum atomic E-state index is -0.601. The van der Waals surface area contributed by atoms with Crippen molar-refractivity contribution in [1.82, 2.24) is 10.3 Å². The molecule has 0 fully saturated rings. The molecule has 3 aromatic rings. The molecule has 1 atom stereocenters. The van der Waals surface area contributed by atoms with E-state index in [2.05, 4.69) is 10.3 Å². The van der Waals surface area contributed by atoms with Crippen LogP contribution in [0, 0.1) is 0 Å². The van der Waals surface area contributed by atoms with Crippen LogP contribution in [-0.2, 0) is 9.53 Å². The predicted molar refractivity (Wildman–Crippen MR) is 108 cm³/mol. The average Bonchev–Trinajstić information content (AvgIpc) is 2.76. The van der Waals surface area contributed by atoms with Gasteiger partial charge in [0, 0.05) is 17.1 Å². The van der Waals surface area contributed by atoms with E-state index in [1.54, 1.807) is 56.8 Å². The minimum Gasteiger partial charge on any atom is -0.497 e. The summed E-state index contributed by atoms with van der Waals surface area (Å²) in [5, 5.41) is 3.62. The standard InChI is InChI=1S/C22H22N2O5/c1-14(18-12-16(27-2)9-10-19(18)28-3)24-20(25)13-29-22(26)17-8-4-6-15-7-5-11-23-21(15)17/h4-12,14H,13H2,1-3H3,(H,24,25)/t14-/m0/s1. The molecule has 1 amide bonds. The Bertz CT molecular complexity index is 1030. The van der Waals surface area contributed by atoms with Crippen molar-refractivity contribution in [2.75, 3.05) is 20.8 Å². The van der Waals surface area contributed by atoms with E-state index in [0.717, 1.165) is 10.9 Å². The first kappa shape index (κ1) is 20.1. The Morgan fingerprint density at radius 2 is 1.86 bits per heavy atom. The van der Waals surface area contributed by atoms with Crippen LogP contribution in [0.2, 0.25) is 0 Å². The van der Waals surface area contributed by atoms with E-state index in [-0.39, 0.29) is 6.04 Å². The van der Waals surface area contributed by atoms with Crippen molar-refractivity contribution >= 4 is 22.8 Å². The van der Waals surface area contributed by atoms with Gasteiger partial charge in [-0.2, -0.15) is 0 Å². The number of pyridine rings is 1. The largest absolute Gasteiger partial charge is 0.497 e. The monoisotopic (exact) mass is 394 g/mol. The molecule has 1 N–H and O–H groups in total. The number of hydrogen-bond donors (Lipinski definition) is 1. The normalized spacial score (nSPS) is 11.6. The Balaban J connectivity index is 1.64. The highest BCUT2D eigenvalue weighted by Crippen LogP contribution is 2.29. The molecule has 0 aliphatic heterocycles. The highest BCUT2D eigenvalue weighted by Gasteiger charge is 2.18. The number of benzene rings is 2. The van der Waals surface area contributed by atoms with Crippen molar-refractivity contribution in [3.8, 4) is 11.5 Å². The molecular formula is C22H22N2O5. The van der Waals surface area contributed by atoms with Gasteiger partial charge in [-0.3, -0.25) is 9.78 Å². The molecule has 0 radical (unpaired) electrons. The van der Waals surface area contributed by atoms with Gasteiger partial charge < -0.3 is 19.5 Å². The summed E-state index contributed by atoms with van der Waals surface area (Å²) in [5.41, 5.74) is 1.61. The number of amides is 1. The lowest BCUT2D eigenvalue weighted by Crippen LogP contribution is -2.31. The van der Waals surface area contributed by atoms with Crippen molar-refractivity contribution in [1.29, 1.82) is 0 Å². The van der Waals surface area contributed by atoms with Crippen molar-refractivity contribution in [3.05, 3.63) is 65.9 Å². The lowest BCUT2D eigenvalue weighted by molar-refractivity contribution is -0.124. The number of aromatic nitrogens is 1. The maximum absolute atomic E-state index is 12.4. The average molecular weight is 394 g/mol. The maximum atomic E-state index is 12.4. The summed E-state index contributed by atoms with van der Waals surface area (Å²) < 4.78 is 15.8. The Morgan fingerprint density at radius 1 is 1.07 bits per heavy atom. The van der Waals surface area contributed by atoms with E-state index in [0.29, 0.717) is 22.6 Å². The molecule has 2 aromatic carbocycles. The molecule has 1 aromatic heterocycles. The first-order chi connectivity index (χ1) is 14.0. The SMILES string of the molecule is COc1ccc(OC)c([C@H](C)NC(=O)COC(=O)c2cccc3cccnc23)c1. The Morgan fingerprint density at radius 3 is 2.62 bits per heavy atom. The zero-order valence-electron chi connectivity index (χ0n) is 16.5. The van der Waals surface area contributed by atoms with Gasteiger partial charge in [0.1, 0.15) is 11.5 Å². The number of para-hydroxylation sites is 1. The molecule has 7 nitrogen and oxygen atoms in total. The molecule has 0 saturated heterocycles. The minimum absolute atomic E-state index is 0.318. The third-order valence-corrected chi connectivity index (χ3v) is 4.47. The summed E-state index contributed by atoms with van der Waals surface area (Å²) in [6, 6.07) is 13.8. The van der Waals surface area contributed by atoms with Gasteiger partial charge in [-0.25, -0.2) is 4.79 Å². The Kier molecular flexibility index (Phi) is 6.29. The zero-order chi connectivity index (χ0) is 20.8. The molecule has 29 heavy (non-hydrogen) atoms. The summed E-state index contributed by atoms with van der Waals surface area (Å²) >= 11 is 0. The van der Waals surface area contributed by atoms with Gasteiger partial charge in [0.05, 0.1) is 31.3 Å². The maximum Gasteiger partial charge on any atom is 0.340 e. The van der Waals surface area contributed by atoms with E-state index in [4.69, 9.17) is 14.2 Å². The fourth-order valence-corrected chi connectivity index (χ4v) is 3.02. The topological polar surface area (TPSA) is 86.8 Å². The van der Waals surface area contributed by atoms with Crippen LogP contribution < -0.4 is 14.8 Å². The van der Waals surface area contributed by atoms with Gasteiger partial charge in [0.15, 0.2) is 6.61 Å². The number of rotatable bonds is 7. The van der Waals surface area contributed by atoms with Crippen molar-refractivity contribution in [3.63, 3.8) is 0 Å². The van der Waals surface area contributed by atoms with Crippen LogP contribution in [0.1, 0.15) is 28.9 Å². The lowest BCUT2D eigenvalue weighted by atomic mass is 10.1. The summed E-state index contributed by atoms with van der Waals surface area (Å²) in [6.45, 7) is 1.41. The van der Waals surface area contributed by atoms with Crippen LogP contribution in [0.4, 0.5) is 0 Å². The third-order valence-electron chi connectivity index (χ3n) is 4.47. The first-order valence-electron chi connectivity index (χ1n) is 9.05. The van der Waals surface area contributed by atoms with Crippen LogP contribution in [0.15, 0.2) is 54.7 Å². The fraction of sp³-hybridized carbons (Fsp3) is 0.227. The van der Waals surface area contributed by atoms with Crippen LogP contribution in [-0.4, -0.2) is 37.7 Å². The van der Waals surface area contributed by atoms with Crippen LogP contribution >= 0.6 is 0 Å². The van der Waals surface area contributed by atoms with E-state index in [9.17, 15) is 9.59 Å². The number of carbonyl (C=O) groups is 2. The predicted octanol–water partition coefficient (Wildman–Crippen LogP) is 3.29. The second-order valence-electron chi connectivity index (χ2n) is 6.35. The fourth-order valence-electron chi connectivity index (χ4n) is 3.02. The van der Waals surface area contributed by atoms with E-state index in [1.807, 2.05) is 19.1 Å². The molecule has 0 unspecified atom stereocenters. The van der Waals surface area contributed by atoms with Gasteiger partial charge in [-0.15, -0.1) is 0 Å². The Labute approximate surface area is 168 Å². The van der Waals surface area contributed by atoms with Gasteiger partial charge in [0.25, 0.3) is 5.91 Å². The second-order valence-corrected chi connectivity index (χ2v) is 6.35. The van der Waals surface area contributed by atoms with Crippen LogP contribution in [0.5, 0.6) is 11.5 Å². The summed E-state index contributed by atoms with van der Waals surface area (Å²) in [5.74, 6) is 0.245. The number of ether oxygens (including phenoxy) is 3. The highest BCUT2D eigenvalue weighted by molar-refractivity contribution is 6.03. The van der Waals surface area contributed by atoms with Crippen LogP contribution in [0.25, 0.3) is 10.9 Å². The summed E-state index contributed by atoms with van der Waals surface area (Å²) in [6.07, 6.45) is 1.61. The molecule has 0 bridgehead atoms. The molecule has 0 aliphatic carbocycles. The van der Waals surface area contributed by atoms with E-state index >= 15 is 0 Å². The molecule has 0 saturated carbocycles. The second kappa shape index (κ2) is 9.05. The van der Waals surface area contributed by atoms with Crippen molar-refractivity contribution in [2.24, 2.45) is 0 Å². The molecule has 0 spiro atoms. The van der Waals surface area contributed by atoms with Gasteiger partial charge in [-0.1, -0.05) is 18.2 Å². The van der Waals surface area contributed by atoms with Crippen molar-refractivity contribution in [2.45, 2.75) is 13.0 Å². The molecule has 7 heteroatoms. The number of methoxy groups -OCH3 is 2. The smallest absolute Gasteiger partial charge is 0.340 e. The highest BCUT2D eigenvalue weighted by atomic mass is 16.5. The van der Waals surface area contributed by atoms with E-state index < -0.39 is 18.5 Å². The van der Waals surface area contributed by atoms with Gasteiger partial charge in [0.2, 0.25) is 0 Å². The summed E-state index contributed by atoms with van der Waals surface area (Å²) in [7, 11) is 3.12. The zero-order valence-corrected chi connectivity index (χ0v) is 16.5. The number of esters is 1. The molecular weight excluding hydrogens is 372 g/mol. The number of hydrogen-bond acceptors (Lipinski definition) is 6. The molecule has 1 heterocycles. The first-order valence-corrected chi connectivity index (χ1v) is 9.05. The number of fused-ring (bicyclic) bond motifs is 1. The molecule has 3 rings (SSSR count). The number of nitrogens with one attached hydrogen (secondary N) is 1. The number of nitrogens with zero attached hydrogens (tertiary/aromatic N) is 1. The number of carbonyl (C=O) groups excluding carboxylic acids is 2. The van der Waals surface area contributed by atoms with E-state index in [1.165, 1.54) is 0 Å². The van der Waals surface area contributed by atoms with Gasteiger partial charge >= 0.3 is 5.97 Å². The van der Waals surface area contributed by atoms with Crippen LogP contribution in [0.3, 0.4) is 0 Å². The molecule has 0 aliphatic rings. The summed E-state index contributed by atoms with van der Waals surface area (Å²) in [4.78, 5) is 29.0. The Hall–Kier alpha value is -3.61. The third kappa shape index (κ3) is 4.63. The lowest BCUT2D eigenvalue weighted by Gasteiger charge is -2.18. The van der Waals surface area contributed by atoms with Gasteiger partial charge in [-0.05, 0) is 37.3 Å².